The van der Waals surface area contributed by atoms with Crippen molar-refractivity contribution in [2.75, 3.05) is 41.1 Å². The van der Waals surface area contributed by atoms with Gasteiger partial charge < -0.3 is 19.1 Å². The van der Waals surface area contributed by atoms with Crippen LogP contribution in [0.2, 0.25) is 0 Å². The molecule has 0 bridgehead atoms. The second-order valence-corrected chi connectivity index (χ2v) is 9.65. The minimum Gasteiger partial charge on any atom is -0.497 e. The largest absolute Gasteiger partial charge is 0.515 e. The highest BCUT2D eigenvalue weighted by Gasteiger charge is 2.27. The number of rotatable bonds is 16. The summed E-state index contributed by atoms with van der Waals surface area (Å²) in [5.74, 6) is 1.59. The fraction of sp³-hybridized carbons (Fsp3) is 0.520. The molecule has 1 unspecified atom stereocenters. The van der Waals surface area contributed by atoms with E-state index in [-0.39, 0.29) is 6.61 Å². The Morgan fingerprint density at radius 2 is 1.85 bits per heavy atom. The van der Waals surface area contributed by atoms with Crippen LogP contribution in [0.3, 0.4) is 0 Å². The van der Waals surface area contributed by atoms with Crippen LogP contribution in [0.15, 0.2) is 48.5 Å². The van der Waals surface area contributed by atoms with Crippen LogP contribution in [0.4, 0.5) is 4.20 Å². The maximum atomic E-state index is 14.0. The Labute approximate surface area is 202 Å². The molecule has 0 amide bonds. The third kappa shape index (κ3) is 10.5. The van der Waals surface area contributed by atoms with E-state index in [1.165, 1.54) is 5.56 Å². The van der Waals surface area contributed by atoms with E-state index < -0.39 is 26.9 Å². The van der Waals surface area contributed by atoms with Crippen molar-refractivity contribution >= 4 is 7.91 Å². The molecular formula is C25H37FNO6P. The molecule has 2 aromatic carbocycles. The highest BCUT2D eigenvalue weighted by molar-refractivity contribution is 7.48. The highest BCUT2D eigenvalue weighted by atomic mass is 31.2. The molecule has 0 fully saturated rings. The van der Waals surface area contributed by atoms with Gasteiger partial charge in [0.15, 0.2) is 6.79 Å². The topological polar surface area (TPSA) is 66.5 Å². The molecule has 0 aliphatic carbocycles. The number of para-hydroxylation sites is 1. The summed E-state index contributed by atoms with van der Waals surface area (Å²) in [6.45, 7) is 3.67. The van der Waals surface area contributed by atoms with Crippen LogP contribution in [0, 0.1) is 0 Å². The van der Waals surface area contributed by atoms with Gasteiger partial charge in [-0.1, -0.05) is 37.3 Å². The second kappa shape index (κ2) is 14.4. The van der Waals surface area contributed by atoms with Crippen molar-refractivity contribution < 1.29 is 32.0 Å². The third-order valence-electron chi connectivity index (χ3n) is 5.17. The van der Waals surface area contributed by atoms with E-state index in [0.717, 1.165) is 29.9 Å². The van der Waals surface area contributed by atoms with Crippen molar-refractivity contribution in [3.8, 4) is 11.5 Å². The smallest absolute Gasteiger partial charge is 0.497 e. The maximum Gasteiger partial charge on any atom is 0.515 e. The van der Waals surface area contributed by atoms with Gasteiger partial charge in [-0.3, -0.25) is 9.05 Å². The molecule has 9 heteroatoms. The average Bonchev–Trinajstić information content (AvgIpc) is 2.81. The van der Waals surface area contributed by atoms with Gasteiger partial charge in [-0.25, -0.2) is 4.57 Å². The lowest BCUT2D eigenvalue weighted by molar-refractivity contribution is -0.0703. The number of benzene rings is 2. The summed E-state index contributed by atoms with van der Waals surface area (Å²) in [6, 6.07) is 15.8. The van der Waals surface area contributed by atoms with Crippen LogP contribution in [-0.4, -0.2) is 58.3 Å². The van der Waals surface area contributed by atoms with Crippen LogP contribution in [0.1, 0.15) is 31.4 Å². The molecule has 0 aliphatic rings. The number of likely N-dealkylation sites (N-methyl/N-ethyl adjacent to an activating group) is 1. The van der Waals surface area contributed by atoms with Crippen molar-refractivity contribution in [1.29, 1.82) is 0 Å². The number of nitrogens with zero attached hydrogens (tertiary/aromatic N) is 1. The van der Waals surface area contributed by atoms with Crippen LogP contribution in [0.25, 0.3) is 0 Å². The lowest BCUT2D eigenvalue weighted by atomic mass is 10.0. The van der Waals surface area contributed by atoms with Crippen molar-refractivity contribution in [3.05, 3.63) is 59.7 Å². The summed E-state index contributed by atoms with van der Waals surface area (Å²) in [5, 5.41) is 0. The van der Waals surface area contributed by atoms with Crippen molar-refractivity contribution in [1.82, 2.24) is 4.90 Å². The first-order valence-electron chi connectivity index (χ1n) is 11.4. The molecule has 7 nitrogen and oxygen atoms in total. The van der Waals surface area contributed by atoms with E-state index in [1.807, 2.05) is 61.5 Å². The normalized spacial score (nSPS) is 15.0. The Bertz CT molecular complexity index is 912. The Hall–Kier alpha value is -1.96. The first-order valence-corrected chi connectivity index (χ1v) is 12.9. The van der Waals surface area contributed by atoms with Gasteiger partial charge in [0.05, 0.1) is 13.2 Å². The Morgan fingerprint density at radius 3 is 2.56 bits per heavy atom. The van der Waals surface area contributed by atoms with Gasteiger partial charge in [-0.15, -0.1) is 4.20 Å². The fourth-order valence-corrected chi connectivity index (χ4v) is 4.04. The van der Waals surface area contributed by atoms with E-state index >= 15 is 0 Å². The van der Waals surface area contributed by atoms with Gasteiger partial charge in [-0.2, -0.15) is 0 Å². The Kier molecular flexibility index (Phi) is 12.0. The third-order valence-corrected chi connectivity index (χ3v) is 6.20. The van der Waals surface area contributed by atoms with Gasteiger partial charge in [0.25, 0.3) is 0 Å². The molecule has 0 aromatic heterocycles. The minimum absolute atomic E-state index is 0.223. The highest BCUT2D eigenvalue weighted by Crippen LogP contribution is 2.51. The average molecular weight is 498 g/mol. The van der Waals surface area contributed by atoms with E-state index in [4.69, 9.17) is 23.3 Å². The zero-order chi connectivity index (χ0) is 25.0. The summed E-state index contributed by atoms with van der Waals surface area (Å²) < 4.78 is 52.4. The zero-order valence-corrected chi connectivity index (χ0v) is 21.6. The number of methoxy groups -OCH3 is 1. The molecule has 190 valence electrons. The van der Waals surface area contributed by atoms with Crippen molar-refractivity contribution in [3.63, 3.8) is 0 Å². The molecule has 34 heavy (non-hydrogen) atoms. The monoisotopic (exact) mass is 497 g/mol. The molecule has 0 saturated heterocycles. The summed E-state index contributed by atoms with van der Waals surface area (Å²) >= 11 is 0. The molecule has 0 radical (unpaired) electrons. The maximum absolute atomic E-state index is 14.0. The summed E-state index contributed by atoms with van der Waals surface area (Å²) in [5.41, 5.74) is 2.25. The van der Waals surface area contributed by atoms with Crippen LogP contribution in [-0.2, 0) is 31.2 Å². The predicted molar refractivity (Wildman–Crippen MR) is 131 cm³/mol. The van der Waals surface area contributed by atoms with Crippen LogP contribution in [0.5, 0.6) is 11.5 Å². The first-order chi connectivity index (χ1) is 16.2. The molecule has 0 spiro atoms. The molecule has 0 heterocycles. The molecule has 0 N–H and O–H groups in total. The van der Waals surface area contributed by atoms with Gasteiger partial charge in [0.2, 0.25) is 0 Å². The zero-order valence-electron chi connectivity index (χ0n) is 20.7. The van der Waals surface area contributed by atoms with Gasteiger partial charge in [0.1, 0.15) is 24.2 Å². The number of hydrogen-bond acceptors (Lipinski definition) is 7. The summed E-state index contributed by atoms with van der Waals surface area (Å²) in [6.07, 6.45) is 1.22. The van der Waals surface area contributed by atoms with E-state index in [0.29, 0.717) is 13.0 Å². The second-order valence-electron chi connectivity index (χ2n) is 8.32. The quantitative estimate of drug-likeness (QED) is 0.219. The van der Waals surface area contributed by atoms with Crippen LogP contribution >= 0.6 is 7.91 Å². The predicted octanol–water partition coefficient (Wildman–Crippen LogP) is 5.67. The molecule has 2 rings (SSSR count). The van der Waals surface area contributed by atoms with Gasteiger partial charge in [-0.05, 0) is 69.6 Å². The van der Waals surface area contributed by atoms with E-state index in [9.17, 15) is 8.76 Å². The fourth-order valence-electron chi connectivity index (χ4n) is 3.21. The SMILES string of the molecule is CCC(C)O[P@@](=O)(F)OCO[C@H](COc1ccccc1CCc1cccc(OC)c1)CN(C)C. The molecule has 0 aliphatic heterocycles. The number of ether oxygens (including phenoxy) is 3. The molecule has 3 atom stereocenters. The summed E-state index contributed by atoms with van der Waals surface area (Å²) in [7, 11) is 0.773. The summed E-state index contributed by atoms with van der Waals surface area (Å²) in [4.78, 5) is 1.92. The molecular weight excluding hydrogens is 460 g/mol. The van der Waals surface area contributed by atoms with Gasteiger partial charge in [0, 0.05) is 6.54 Å². The first kappa shape index (κ1) is 28.3. The van der Waals surface area contributed by atoms with Crippen LogP contribution < -0.4 is 9.47 Å². The number of halogens is 1. The lowest BCUT2D eigenvalue weighted by Crippen LogP contribution is -2.34. The van der Waals surface area contributed by atoms with E-state index in [1.54, 1.807) is 21.0 Å². The van der Waals surface area contributed by atoms with Crippen molar-refractivity contribution in [2.24, 2.45) is 0 Å². The molecule has 0 saturated carbocycles. The minimum atomic E-state index is -4.67. The Morgan fingerprint density at radius 1 is 1.09 bits per heavy atom. The Balaban J connectivity index is 1.93. The van der Waals surface area contributed by atoms with Crippen molar-refractivity contribution in [2.45, 2.75) is 45.3 Å². The number of hydrogen-bond donors (Lipinski definition) is 0. The van der Waals surface area contributed by atoms with Gasteiger partial charge >= 0.3 is 7.91 Å². The number of aryl methyl sites for hydroxylation is 2. The van der Waals surface area contributed by atoms with E-state index in [2.05, 4.69) is 6.07 Å². The lowest BCUT2D eigenvalue weighted by Gasteiger charge is -2.23. The standard InChI is InChI=1S/C25H37FNO6P/c1-6-20(2)33-34(26,28)32-19-31-24(17-27(3)4)18-30-25-13-8-7-11-22(25)15-14-21-10-9-12-23(16-21)29-5/h7-13,16,20,24H,6,14-15,17-19H2,1-5H3/t20?,24-,34+/m0/s1. The molecule has 2 aromatic rings.